The summed E-state index contributed by atoms with van der Waals surface area (Å²) in [4.78, 5) is 27.4. The number of benzene rings is 1. The standard InChI is InChI=1S/C18H21F3N2O2/c1-4-15(24)23-12-10-17(23,2)16(25)22(3)11-9-13-5-7-14(8-6-13)18(19,20)21/h4-8H,1,9-12H2,2-3H3. The first kappa shape index (κ1) is 19.0. The van der Waals surface area contributed by atoms with Crippen LogP contribution in [0.1, 0.15) is 24.5 Å². The third-order valence-corrected chi connectivity index (χ3v) is 4.68. The fourth-order valence-corrected chi connectivity index (χ4v) is 2.91. The number of rotatable bonds is 5. The fraction of sp³-hybridized carbons (Fsp3) is 0.444. The Morgan fingerprint density at radius 2 is 1.92 bits per heavy atom. The molecule has 1 aromatic carbocycles. The lowest BCUT2D eigenvalue weighted by Gasteiger charge is -2.50. The van der Waals surface area contributed by atoms with Crippen molar-refractivity contribution < 1.29 is 22.8 Å². The summed E-state index contributed by atoms with van der Waals surface area (Å²) in [5.74, 6) is -0.459. The monoisotopic (exact) mass is 354 g/mol. The van der Waals surface area contributed by atoms with Crippen molar-refractivity contribution in [1.29, 1.82) is 0 Å². The molecule has 0 saturated carbocycles. The van der Waals surface area contributed by atoms with E-state index in [9.17, 15) is 22.8 Å². The van der Waals surface area contributed by atoms with Gasteiger partial charge in [0.25, 0.3) is 0 Å². The Bertz CT molecular complexity index is 670. The lowest BCUT2D eigenvalue weighted by molar-refractivity contribution is -0.160. The van der Waals surface area contributed by atoms with Gasteiger partial charge < -0.3 is 9.80 Å². The van der Waals surface area contributed by atoms with Crippen molar-refractivity contribution in [2.45, 2.75) is 31.5 Å². The first-order valence-electron chi connectivity index (χ1n) is 7.95. The first-order chi connectivity index (χ1) is 11.6. The molecule has 25 heavy (non-hydrogen) atoms. The van der Waals surface area contributed by atoms with Crippen LogP contribution in [0, 0.1) is 0 Å². The van der Waals surface area contributed by atoms with E-state index in [1.165, 1.54) is 28.0 Å². The number of carbonyl (C=O) groups is 2. The first-order valence-corrected chi connectivity index (χ1v) is 7.95. The maximum atomic E-state index is 12.6. The number of hydrogen-bond acceptors (Lipinski definition) is 2. The Hall–Kier alpha value is -2.31. The normalized spacial score (nSPS) is 20.0. The summed E-state index contributed by atoms with van der Waals surface area (Å²) < 4.78 is 37.7. The van der Waals surface area contributed by atoms with Crippen LogP contribution in [0.5, 0.6) is 0 Å². The third kappa shape index (κ3) is 3.86. The van der Waals surface area contributed by atoms with Crippen molar-refractivity contribution in [2.24, 2.45) is 0 Å². The summed E-state index contributed by atoms with van der Waals surface area (Å²) in [7, 11) is 1.63. The van der Waals surface area contributed by atoms with Gasteiger partial charge in [-0.15, -0.1) is 0 Å². The van der Waals surface area contributed by atoms with Gasteiger partial charge in [0.05, 0.1) is 5.56 Å². The summed E-state index contributed by atoms with van der Waals surface area (Å²) in [5, 5.41) is 0. The minimum atomic E-state index is -4.36. The number of alkyl halides is 3. The van der Waals surface area contributed by atoms with E-state index in [1.54, 1.807) is 14.0 Å². The van der Waals surface area contributed by atoms with Crippen LogP contribution in [0.25, 0.3) is 0 Å². The van der Waals surface area contributed by atoms with Crippen LogP contribution in [0.15, 0.2) is 36.9 Å². The topological polar surface area (TPSA) is 40.6 Å². The largest absolute Gasteiger partial charge is 0.416 e. The van der Waals surface area contributed by atoms with Crippen LogP contribution in [0.3, 0.4) is 0 Å². The molecule has 0 spiro atoms. The van der Waals surface area contributed by atoms with E-state index in [0.717, 1.165) is 12.1 Å². The van der Waals surface area contributed by atoms with E-state index in [4.69, 9.17) is 0 Å². The fourth-order valence-electron chi connectivity index (χ4n) is 2.91. The Morgan fingerprint density at radius 1 is 1.32 bits per heavy atom. The Kier molecular flexibility index (Phi) is 5.25. The molecule has 4 nitrogen and oxygen atoms in total. The SMILES string of the molecule is C=CC(=O)N1CCC1(C)C(=O)N(C)CCc1ccc(C(F)(F)F)cc1. The number of hydrogen-bond donors (Lipinski definition) is 0. The van der Waals surface area contributed by atoms with Gasteiger partial charge in [-0.25, -0.2) is 0 Å². The number of nitrogens with zero attached hydrogens (tertiary/aromatic N) is 2. The molecule has 2 rings (SSSR count). The highest BCUT2D eigenvalue weighted by atomic mass is 19.4. The second-order valence-corrected chi connectivity index (χ2v) is 6.39. The van der Waals surface area contributed by atoms with Gasteiger partial charge in [-0.2, -0.15) is 13.2 Å². The zero-order valence-corrected chi connectivity index (χ0v) is 14.3. The van der Waals surface area contributed by atoms with Gasteiger partial charge in [0.1, 0.15) is 5.54 Å². The summed E-state index contributed by atoms with van der Waals surface area (Å²) in [6.07, 6.45) is -2.15. The average Bonchev–Trinajstić information content (AvgIpc) is 2.56. The highest BCUT2D eigenvalue weighted by molar-refractivity contribution is 5.96. The summed E-state index contributed by atoms with van der Waals surface area (Å²) >= 11 is 0. The zero-order valence-electron chi connectivity index (χ0n) is 14.3. The molecule has 1 aromatic rings. The maximum Gasteiger partial charge on any atom is 0.416 e. The Morgan fingerprint density at radius 3 is 2.36 bits per heavy atom. The molecule has 0 N–H and O–H groups in total. The van der Waals surface area contributed by atoms with Crippen LogP contribution < -0.4 is 0 Å². The van der Waals surface area contributed by atoms with Gasteiger partial charge in [0.15, 0.2) is 0 Å². The number of halogens is 3. The molecule has 1 fully saturated rings. The summed E-state index contributed by atoms with van der Waals surface area (Å²) in [6.45, 7) is 6.03. The van der Waals surface area contributed by atoms with Crippen LogP contribution in [-0.4, -0.2) is 47.3 Å². The van der Waals surface area contributed by atoms with Gasteiger partial charge in [0.2, 0.25) is 11.8 Å². The number of amides is 2. The Balaban J connectivity index is 1.96. The highest BCUT2D eigenvalue weighted by Gasteiger charge is 2.49. The second kappa shape index (κ2) is 6.90. The van der Waals surface area contributed by atoms with Gasteiger partial charge >= 0.3 is 6.18 Å². The molecule has 136 valence electrons. The van der Waals surface area contributed by atoms with Crippen molar-refractivity contribution in [1.82, 2.24) is 9.80 Å². The van der Waals surface area contributed by atoms with Crippen molar-refractivity contribution in [3.63, 3.8) is 0 Å². The lowest BCUT2D eigenvalue weighted by atomic mass is 9.85. The third-order valence-electron chi connectivity index (χ3n) is 4.68. The van der Waals surface area contributed by atoms with E-state index in [-0.39, 0.29) is 11.8 Å². The molecule has 1 atom stereocenters. The molecule has 7 heteroatoms. The quantitative estimate of drug-likeness (QED) is 0.763. The van der Waals surface area contributed by atoms with Crippen LogP contribution in [-0.2, 0) is 22.2 Å². The molecule has 0 aliphatic carbocycles. The minimum Gasteiger partial charge on any atom is -0.343 e. The molecule has 2 amide bonds. The lowest BCUT2D eigenvalue weighted by Crippen LogP contribution is -2.67. The van der Waals surface area contributed by atoms with Crippen LogP contribution in [0.2, 0.25) is 0 Å². The summed E-state index contributed by atoms with van der Waals surface area (Å²) in [6, 6.07) is 4.91. The molecule has 1 saturated heterocycles. The van der Waals surface area contributed by atoms with Crippen molar-refractivity contribution in [3.8, 4) is 0 Å². The van der Waals surface area contributed by atoms with Crippen molar-refractivity contribution in [2.75, 3.05) is 20.1 Å². The number of likely N-dealkylation sites (N-methyl/N-ethyl adjacent to an activating group) is 1. The molecular weight excluding hydrogens is 333 g/mol. The number of carbonyl (C=O) groups excluding carboxylic acids is 2. The van der Waals surface area contributed by atoms with Gasteiger partial charge in [0, 0.05) is 20.1 Å². The molecule has 1 aliphatic heterocycles. The molecule has 1 heterocycles. The van der Waals surface area contributed by atoms with Gasteiger partial charge in [-0.3, -0.25) is 9.59 Å². The van der Waals surface area contributed by atoms with Crippen LogP contribution >= 0.6 is 0 Å². The molecule has 1 aliphatic rings. The van der Waals surface area contributed by atoms with E-state index < -0.39 is 17.3 Å². The maximum absolute atomic E-state index is 12.6. The van der Waals surface area contributed by atoms with Crippen molar-refractivity contribution in [3.05, 3.63) is 48.0 Å². The smallest absolute Gasteiger partial charge is 0.343 e. The molecular formula is C18H21F3N2O2. The Labute approximate surface area is 144 Å². The van der Waals surface area contributed by atoms with E-state index in [2.05, 4.69) is 6.58 Å². The molecule has 0 aromatic heterocycles. The van der Waals surface area contributed by atoms with E-state index >= 15 is 0 Å². The van der Waals surface area contributed by atoms with Gasteiger partial charge in [-0.05, 0) is 43.5 Å². The molecule has 0 bridgehead atoms. The molecule has 1 unspecified atom stereocenters. The number of likely N-dealkylation sites (tertiary alicyclic amines) is 1. The van der Waals surface area contributed by atoms with Crippen LogP contribution in [0.4, 0.5) is 13.2 Å². The van der Waals surface area contributed by atoms with Crippen molar-refractivity contribution >= 4 is 11.8 Å². The highest BCUT2D eigenvalue weighted by Crippen LogP contribution is 2.32. The second-order valence-electron chi connectivity index (χ2n) is 6.39. The van der Waals surface area contributed by atoms with E-state index in [0.29, 0.717) is 31.5 Å². The van der Waals surface area contributed by atoms with Gasteiger partial charge in [-0.1, -0.05) is 18.7 Å². The molecule has 0 radical (unpaired) electrons. The summed E-state index contributed by atoms with van der Waals surface area (Å²) in [5.41, 5.74) is -0.855. The predicted molar refractivity (Wildman–Crippen MR) is 87.7 cm³/mol. The average molecular weight is 354 g/mol. The minimum absolute atomic E-state index is 0.180. The van der Waals surface area contributed by atoms with E-state index in [1.807, 2.05) is 0 Å². The predicted octanol–water partition coefficient (Wildman–Crippen LogP) is 2.88. The zero-order chi connectivity index (χ0) is 18.8.